The smallest absolute Gasteiger partial charge is 0.410 e. The fourth-order valence-corrected chi connectivity index (χ4v) is 2.85. The zero-order valence-corrected chi connectivity index (χ0v) is 11.3. The van der Waals surface area contributed by atoms with E-state index in [1.165, 1.54) is 4.90 Å². The van der Waals surface area contributed by atoms with Crippen LogP contribution in [0, 0.1) is 0 Å². The Morgan fingerprint density at radius 3 is 2.62 bits per heavy atom. The minimum absolute atomic E-state index is 0.342. The SMILES string of the molecule is CN(CC1(O)CCSC1)C(=O)OC(C)(C)C. The van der Waals surface area contributed by atoms with Gasteiger partial charge in [-0.1, -0.05) is 0 Å². The summed E-state index contributed by atoms with van der Waals surface area (Å²) in [6, 6.07) is 0. The molecule has 0 radical (unpaired) electrons. The molecule has 0 aromatic rings. The van der Waals surface area contributed by atoms with E-state index in [4.69, 9.17) is 4.74 Å². The van der Waals surface area contributed by atoms with Gasteiger partial charge in [-0.2, -0.15) is 11.8 Å². The molecule has 0 bridgehead atoms. The summed E-state index contributed by atoms with van der Waals surface area (Å²) in [5, 5.41) is 10.1. The van der Waals surface area contributed by atoms with Gasteiger partial charge in [-0.25, -0.2) is 4.79 Å². The lowest BCUT2D eigenvalue weighted by Gasteiger charge is -2.30. The maximum absolute atomic E-state index is 11.7. The molecule has 1 N–H and O–H groups in total. The number of thioether (sulfide) groups is 1. The number of carbonyl (C=O) groups excluding carboxylic acids is 1. The highest BCUT2D eigenvalue weighted by Gasteiger charge is 2.35. The van der Waals surface area contributed by atoms with Gasteiger partial charge >= 0.3 is 6.09 Å². The number of carbonyl (C=O) groups is 1. The molecule has 16 heavy (non-hydrogen) atoms. The Bertz CT molecular complexity index is 256. The maximum atomic E-state index is 11.7. The molecule has 0 aromatic carbocycles. The Morgan fingerprint density at radius 2 is 2.19 bits per heavy atom. The summed E-state index contributed by atoms with van der Waals surface area (Å²) in [5.74, 6) is 1.65. The Morgan fingerprint density at radius 1 is 1.56 bits per heavy atom. The summed E-state index contributed by atoms with van der Waals surface area (Å²) < 4.78 is 5.22. The summed E-state index contributed by atoms with van der Waals surface area (Å²) in [6.07, 6.45) is 0.364. The van der Waals surface area contributed by atoms with Crippen LogP contribution in [-0.4, -0.2) is 52.4 Å². The first-order valence-electron chi connectivity index (χ1n) is 5.46. The lowest BCUT2D eigenvalue weighted by molar-refractivity contribution is -0.000107. The molecule has 4 nitrogen and oxygen atoms in total. The van der Waals surface area contributed by atoms with E-state index in [9.17, 15) is 9.90 Å². The number of nitrogens with zero attached hydrogens (tertiary/aromatic N) is 1. The van der Waals surface area contributed by atoms with Crippen molar-refractivity contribution in [3.63, 3.8) is 0 Å². The lowest BCUT2D eigenvalue weighted by atomic mass is 10.0. The van der Waals surface area contributed by atoms with Crippen molar-refractivity contribution < 1.29 is 14.6 Å². The Kier molecular flexibility index (Phi) is 4.12. The zero-order chi connectivity index (χ0) is 12.4. The van der Waals surface area contributed by atoms with Crippen LogP contribution in [0.2, 0.25) is 0 Å². The molecule has 1 unspecified atom stereocenters. The first-order valence-corrected chi connectivity index (χ1v) is 6.62. The quantitative estimate of drug-likeness (QED) is 0.807. The van der Waals surface area contributed by atoms with Crippen molar-refractivity contribution in [3.8, 4) is 0 Å². The van der Waals surface area contributed by atoms with E-state index in [0.717, 1.165) is 12.2 Å². The van der Waals surface area contributed by atoms with Crippen LogP contribution >= 0.6 is 11.8 Å². The Labute approximate surface area is 101 Å². The van der Waals surface area contributed by atoms with E-state index in [-0.39, 0.29) is 6.09 Å². The highest BCUT2D eigenvalue weighted by molar-refractivity contribution is 7.99. The van der Waals surface area contributed by atoms with Gasteiger partial charge in [-0.15, -0.1) is 0 Å². The number of amides is 1. The predicted molar refractivity (Wildman–Crippen MR) is 65.8 cm³/mol. The molecule has 1 saturated heterocycles. The largest absolute Gasteiger partial charge is 0.444 e. The van der Waals surface area contributed by atoms with Gasteiger partial charge in [-0.3, -0.25) is 0 Å². The van der Waals surface area contributed by atoms with E-state index >= 15 is 0 Å². The van der Waals surface area contributed by atoms with E-state index in [0.29, 0.717) is 12.3 Å². The number of likely N-dealkylation sites (N-methyl/N-ethyl adjacent to an activating group) is 1. The van der Waals surface area contributed by atoms with Crippen LogP contribution in [0.3, 0.4) is 0 Å². The molecular formula is C11H21NO3S. The van der Waals surface area contributed by atoms with Crippen LogP contribution in [0.25, 0.3) is 0 Å². The Hall–Kier alpha value is -0.420. The molecule has 1 aliphatic rings. The molecule has 0 saturated carbocycles. The molecule has 1 atom stereocenters. The summed E-state index contributed by atoms with van der Waals surface area (Å²) in [5.41, 5.74) is -1.23. The first-order chi connectivity index (χ1) is 7.22. The summed E-state index contributed by atoms with van der Waals surface area (Å²) in [6.45, 7) is 5.84. The molecule has 1 heterocycles. The molecule has 1 aliphatic heterocycles. The number of aliphatic hydroxyl groups is 1. The van der Waals surface area contributed by atoms with Crippen LogP contribution in [0.15, 0.2) is 0 Å². The summed E-state index contributed by atoms with van der Waals surface area (Å²) >= 11 is 1.72. The highest BCUT2D eigenvalue weighted by Crippen LogP contribution is 2.28. The van der Waals surface area contributed by atoms with E-state index in [1.807, 2.05) is 20.8 Å². The van der Waals surface area contributed by atoms with Crippen LogP contribution in [0.4, 0.5) is 4.79 Å². The molecule has 0 spiro atoms. The van der Waals surface area contributed by atoms with Gasteiger partial charge in [0.15, 0.2) is 0 Å². The molecule has 1 amide bonds. The molecule has 1 fully saturated rings. The van der Waals surface area contributed by atoms with Gasteiger partial charge in [0, 0.05) is 12.8 Å². The highest BCUT2D eigenvalue weighted by atomic mass is 32.2. The second kappa shape index (κ2) is 4.84. The minimum atomic E-state index is -0.740. The van der Waals surface area contributed by atoms with Gasteiger partial charge in [0.2, 0.25) is 0 Å². The first kappa shape index (κ1) is 13.6. The number of ether oxygens (including phenoxy) is 1. The number of hydrogen-bond donors (Lipinski definition) is 1. The number of rotatable bonds is 2. The standard InChI is InChI=1S/C11H21NO3S/c1-10(2,3)15-9(13)12(4)7-11(14)5-6-16-8-11/h14H,5-8H2,1-4H3. The van der Waals surface area contributed by atoms with E-state index in [2.05, 4.69) is 0 Å². The lowest BCUT2D eigenvalue weighted by Crippen LogP contribution is -2.45. The normalized spacial score (nSPS) is 25.6. The third-order valence-electron chi connectivity index (χ3n) is 2.32. The van der Waals surface area contributed by atoms with Gasteiger partial charge in [0.05, 0.1) is 12.1 Å². The van der Waals surface area contributed by atoms with Crippen molar-refractivity contribution >= 4 is 17.9 Å². The van der Waals surface area contributed by atoms with Crippen LogP contribution < -0.4 is 0 Å². The molecule has 94 valence electrons. The van der Waals surface area contributed by atoms with Crippen molar-refractivity contribution in [2.75, 3.05) is 25.1 Å². The van der Waals surface area contributed by atoms with Crippen molar-refractivity contribution in [3.05, 3.63) is 0 Å². The van der Waals surface area contributed by atoms with Gasteiger partial charge < -0.3 is 14.7 Å². The topological polar surface area (TPSA) is 49.8 Å². The summed E-state index contributed by atoms with van der Waals surface area (Å²) in [4.78, 5) is 13.1. The average Bonchev–Trinajstić information content (AvgIpc) is 2.48. The van der Waals surface area contributed by atoms with Gasteiger partial charge in [0.25, 0.3) is 0 Å². The van der Waals surface area contributed by atoms with Crippen LogP contribution in [-0.2, 0) is 4.74 Å². The fourth-order valence-electron chi connectivity index (χ4n) is 1.57. The second-order valence-electron chi connectivity index (χ2n) is 5.36. The van der Waals surface area contributed by atoms with Gasteiger partial charge in [-0.05, 0) is 32.9 Å². The van der Waals surface area contributed by atoms with Gasteiger partial charge in [0.1, 0.15) is 5.60 Å². The molecular weight excluding hydrogens is 226 g/mol. The summed E-state index contributed by atoms with van der Waals surface area (Å²) in [7, 11) is 1.66. The zero-order valence-electron chi connectivity index (χ0n) is 10.4. The fraction of sp³-hybridized carbons (Fsp3) is 0.909. The van der Waals surface area contributed by atoms with E-state index < -0.39 is 11.2 Å². The van der Waals surface area contributed by atoms with Crippen molar-refractivity contribution in [1.82, 2.24) is 4.90 Å². The van der Waals surface area contributed by atoms with Crippen molar-refractivity contribution in [2.24, 2.45) is 0 Å². The third kappa shape index (κ3) is 4.22. The maximum Gasteiger partial charge on any atom is 0.410 e. The number of hydrogen-bond acceptors (Lipinski definition) is 4. The minimum Gasteiger partial charge on any atom is -0.444 e. The van der Waals surface area contributed by atoms with Crippen LogP contribution in [0.5, 0.6) is 0 Å². The molecule has 0 aromatic heterocycles. The van der Waals surface area contributed by atoms with Crippen molar-refractivity contribution in [2.45, 2.75) is 38.4 Å². The van der Waals surface area contributed by atoms with Crippen molar-refractivity contribution in [1.29, 1.82) is 0 Å². The third-order valence-corrected chi connectivity index (χ3v) is 3.55. The van der Waals surface area contributed by atoms with Crippen LogP contribution in [0.1, 0.15) is 27.2 Å². The van der Waals surface area contributed by atoms with E-state index in [1.54, 1.807) is 18.8 Å². The average molecular weight is 247 g/mol. The molecule has 1 rings (SSSR count). The predicted octanol–water partition coefficient (Wildman–Crippen LogP) is 1.72. The molecule has 5 heteroatoms. The second-order valence-corrected chi connectivity index (χ2v) is 6.47. The molecule has 0 aliphatic carbocycles. The monoisotopic (exact) mass is 247 g/mol. The Balaban J connectivity index is 2.45.